The Bertz CT molecular complexity index is 896. The number of para-hydroxylation sites is 1. The SMILES string of the molecule is Cc1ccc(S(=O)(=O)N(CC(=O)N[C@H](C)C(C)C)c2ccccc2Cl)cc1. The monoisotopic (exact) mass is 408 g/mol. The van der Waals surface area contributed by atoms with Gasteiger partial charge >= 0.3 is 0 Å². The largest absolute Gasteiger partial charge is 0.352 e. The highest BCUT2D eigenvalue weighted by molar-refractivity contribution is 7.92. The molecule has 7 heteroatoms. The summed E-state index contributed by atoms with van der Waals surface area (Å²) in [6.45, 7) is 7.39. The average molecular weight is 409 g/mol. The fraction of sp³-hybridized carbons (Fsp3) is 0.350. The molecule has 2 aromatic carbocycles. The molecule has 0 heterocycles. The minimum atomic E-state index is -3.96. The summed E-state index contributed by atoms with van der Waals surface area (Å²) in [7, 11) is -3.96. The van der Waals surface area contributed by atoms with Crippen LogP contribution in [-0.2, 0) is 14.8 Å². The first-order valence-corrected chi connectivity index (χ1v) is 10.6. The quantitative estimate of drug-likeness (QED) is 0.752. The molecular weight excluding hydrogens is 384 g/mol. The van der Waals surface area contributed by atoms with E-state index in [9.17, 15) is 13.2 Å². The van der Waals surface area contributed by atoms with Crippen LogP contribution in [0.3, 0.4) is 0 Å². The number of aryl methyl sites for hydroxylation is 1. The Morgan fingerprint density at radius 1 is 1.07 bits per heavy atom. The lowest BCUT2D eigenvalue weighted by Crippen LogP contribution is -2.45. The molecule has 0 aromatic heterocycles. The number of carbonyl (C=O) groups excluding carboxylic acids is 1. The molecule has 0 radical (unpaired) electrons. The van der Waals surface area contributed by atoms with E-state index in [-0.39, 0.29) is 40.0 Å². The first-order chi connectivity index (χ1) is 12.6. The first-order valence-electron chi connectivity index (χ1n) is 8.76. The number of halogens is 1. The minimum Gasteiger partial charge on any atom is -0.352 e. The molecule has 2 rings (SSSR count). The van der Waals surface area contributed by atoms with Crippen molar-refractivity contribution in [3.8, 4) is 0 Å². The normalized spacial score (nSPS) is 12.7. The first kappa shape index (κ1) is 21.3. The van der Waals surface area contributed by atoms with Gasteiger partial charge in [-0.15, -0.1) is 0 Å². The van der Waals surface area contributed by atoms with Crippen LogP contribution < -0.4 is 9.62 Å². The molecule has 1 atom stereocenters. The predicted molar refractivity (Wildman–Crippen MR) is 110 cm³/mol. The zero-order chi connectivity index (χ0) is 20.2. The van der Waals surface area contributed by atoms with E-state index >= 15 is 0 Å². The molecule has 0 aliphatic rings. The summed E-state index contributed by atoms with van der Waals surface area (Å²) in [6, 6.07) is 13.0. The van der Waals surface area contributed by atoms with Crippen molar-refractivity contribution in [2.24, 2.45) is 5.92 Å². The van der Waals surface area contributed by atoms with Crippen molar-refractivity contribution in [1.29, 1.82) is 0 Å². The number of sulfonamides is 1. The van der Waals surface area contributed by atoms with E-state index in [0.717, 1.165) is 9.87 Å². The van der Waals surface area contributed by atoms with Crippen molar-refractivity contribution in [2.75, 3.05) is 10.8 Å². The van der Waals surface area contributed by atoms with E-state index in [4.69, 9.17) is 11.6 Å². The molecule has 0 saturated heterocycles. The van der Waals surface area contributed by atoms with E-state index in [1.54, 1.807) is 36.4 Å². The van der Waals surface area contributed by atoms with Gasteiger partial charge in [-0.25, -0.2) is 8.42 Å². The zero-order valence-electron chi connectivity index (χ0n) is 15.9. The number of rotatable bonds is 7. The fourth-order valence-corrected chi connectivity index (χ4v) is 4.12. The van der Waals surface area contributed by atoms with Gasteiger partial charge in [0.05, 0.1) is 15.6 Å². The van der Waals surface area contributed by atoms with Gasteiger partial charge in [-0.2, -0.15) is 0 Å². The molecule has 146 valence electrons. The van der Waals surface area contributed by atoms with Crippen LogP contribution in [0, 0.1) is 12.8 Å². The molecule has 0 aliphatic heterocycles. The molecule has 0 bridgehead atoms. The molecular formula is C20H25ClN2O3S. The van der Waals surface area contributed by atoms with Crippen LogP contribution in [0.15, 0.2) is 53.4 Å². The van der Waals surface area contributed by atoms with E-state index in [0.29, 0.717) is 0 Å². The van der Waals surface area contributed by atoms with Crippen molar-refractivity contribution in [3.05, 3.63) is 59.1 Å². The third kappa shape index (κ3) is 5.23. The van der Waals surface area contributed by atoms with Gasteiger partial charge in [0.1, 0.15) is 6.54 Å². The maximum Gasteiger partial charge on any atom is 0.264 e. The average Bonchev–Trinajstić information content (AvgIpc) is 2.60. The second kappa shape index (κ2) is 8.76. The van der Waals surface area contributed by atoms with E-state index < -0.39 is 10.0 Å². The molecule has 1 amide bonds. The highest BCUT2D eigenvalue weighted by Gasteiger charge is 2.29. The van der Waals surface area contributed by atoms with Gasteiger partial charge in [0.2, 0.25) is 5.91 Å². The fourth-order valence-electron chi connectivity index (χ4n) is 2.39. The number of nitrogens with one attached hydrogen (secondary N) is 1. The van der Waals surface area contributed by atoms with Crippen molar-refractivity contribution < 1.29 is 13.2 Å². The Morgan fingerprint density at radius 3 is 2.22 bits per heavy atom. The van der Waals surface area contributed by atoms with Gasteiger partial charge in [-0.3, -0.25) is 9.10 Å². The number of amides is 1. The standard InChI is InChI=1S/C20H25ClN2O3S/c1-14(2)16(4)22-20(24)13-23(19-8-6-5-7-18(19)21)27(25,26)17-11-9-15(3)10-12-17/h5-12,14,16H,13H2,1-4H3,(H,22,24)/t16-/m1/s1. The van der Waals surface area contributed by atoms with Gasteiger partial charge in [-0.05, 0) is 44.0 Å². The Kier molecular flexibility index (Phi) is 6.89. The van der Waals surface area contributed by atoms with Crippen molar-refractivity contribution in [1.82, 2.24) is 5.32 Å². The summed E-state index contributed by atoms with van der Waals surface area (Å²) in [5.74, 6) is -0.150. The Labute approximate surface area is 166 Å². The lowest BCUT2D eigenvalue weighted by molar-refractivity contribution is -0.120. The summed E-state index contributed by atoms with van der Waals surface area (Å²) in [5.41, 5.74) is 1.22. The summed E-state index contributed by atoms with van der Waals surface area (Å²) in [5, 5.41) is 3.11. The smallest absolute Gasteiger partial charge is 0.264 e. The molecule has 0 fully saturated rings. The molecule has 0 saturated carbocycles. The van der Waals surface area contributed by atoms with Gasteiger partial charge in [0, 0.05) is 6.04 Å². The Hall–Kier alpha value is -2.05. The lowest BCUT2D eigenvalue weighted by atomic mass is 10.1. The number of carbonyl (C=O) groups is 1. The van der Waals surface area contributed by atoms with Crippen LogP contribution in [0.25, 0.3) is 0 Å². The molecule has 5 nitrogen and oxygen atoms in total. The number of anilines is 1. The van der Waals surface area contributed by atoms with Gasteiger partial charge < -0.3 is 5.32 Å². The van der Waals surface area contributed by atoms with Crippen molar-refractivity contribution in [2.45, 2.75) is 38.6 Å². The molecule has 0 aliphatic carbocycles. The van der Waals surface area contributed by atoms with E-state index in [1.165, 1.54) is 12.1 Å². The van der Waals surface area contributed by atoms with Crippen LogP contribution >= 0.6 is 11.6 Å². The molecule has 27 heavy (non-hydrogen) atoms. The third-order valence-corrected chi connectivity index (χ3v) is 6.50. The third-order valence-electron chi connectivity index (χ3n) is 4.41. The van der Waals surface area contributed by atoms with Crippen molar-refractivity contribution >= 4 is 33.2 Å². The Morgan fingerprint density at radius 2 is 1.67 bits per heavy atom. The maximum absolute atomic E-state index is 13.2. The van der Waals surface area contributed by atoms with E-state index in [2.05, 4.69) is 5.32 Å². The van der Waals surface area contributed by atoms with Crippen LogP contribution in [0.2, 0.25) is 5.02 Å². The predicted octanol–water partition coefficient (Wildman–Crippen LogP) is 4.00. The van der Waals surface area contributed by atoms with Gasteiger partial charge in [-0.1, -0.05) is 55.3 Å². The number of hydrogen-bond donors (Lipinski definition) is 1. The van der Waals surface area contributed by atoms with Crippen LogP contribution in [0.4, 0.5) is 5.69 Å². The van der Waals surface area contributed by atoms with Gasteiger partial charge in [0.25, 0.3) is 10.0 Å². The number of hydrogen-bond acceptors (Lipinski definition) is 3. The Balaban J connectivity index is 2.43. The second-order valence-electron chi connectivity index (χ2n) is 6.88. The molecule has 1 N–H and O–H groups in total. The van der Waals surface area contributed by atoms with Crippen LogP contribution in [0.5, 0.6) is 0 Å². The summed E-state index contributed by atoms with van der Waals surface area (Å²) < 4.78 is 27.5. The van der Waals surface area contributed by atoms with Gasteiger partial charge in [0.15, 0.2) is 0 Å². The number of benzene rings is 2. The summed E-state index contributed by atoms with van der Waals surface area (Å²) in [4.78, 5) is 12.6. The van der Waals surface area contributed by atoms with Crippen LogP contribution in [0.1, 0.15) is 26.3 Å². The topological polar surface area (TPSA) is 66.5 Å². The molecule has 0 unspecified atom stereocenters. The van der Waals surface area contributed by atoms with Crippen LogP contribution in [-0.4, -0.2) is 26.9 Å². The second-order valence-corrected chi connectivity index (χ2v) is 9.15. The van der Waals surface area contributed by atoms with E-state index in [1.807, 2.05) is 27.7 Å². The highest BCUT2D eigenvalue weighted by atomic mass is 35.5. The molecule has 2 aromatic rings. The lowest BCUT2D eigenvalue weighted by Gasteiger charge is -2.26. The zero-order valence-corrected chi connectivity index (χ0v) is 17.5. The maximum atomic E-state index is 13.2. The highest BCUT2D eigenvalue weighted by Crippen LogP contribution is 2.30. The molecule has 0 spiro atoms. The number of nitrogens with zero attached hydrogens (tertiary/aromatic N) is 1. The summed E-state index contributed by atoms with van der Waals surface area (Å²) in [6.07, 6.45) is 0. The minimum absolute atomic E-state index is 0.0762. The summed E-state index contributed by atoms with van der Waals surface area (Å²) >= 11 is 6.24. The van der Waals surface area contributed by atoms with Crippen molar-refractivity contribution in [3.63, 3.8) is 0 Å².